The lowest BCUT2D eigenvalue weighted by atomic mass is 9.87. The van der Waals surface area contributed by atoms with E-state index in [1.165, 1.54) is 0 Å². The van der Waals surface area contributed by atoms with E-state index in [2.05, 4.69) is 15.5 Å². The van der Waals surface area contributed by atoms with Crippen molar-refractivity contribution >= 4 is 11.6 Å². The average molecular weight is 309 g/mol. The number of Topliss-reactive ketones (excluding diaryl/α,β-unsaturated/α-hetero) is 2. The van der Waals surface area contributed by atoms with Gasteiger partial charge in [0.1, 0.15) is 0 Å². The Morgan fingerprint density at radius 3 is 2.77 bits per heavy atom. The Labute approximate surface area is 131 Å². The molecular formula is C16H27N3O3. The van der Waals surface area contributed by atoms with Crippen LogP contribution in [-0.4, -0.2) is 65.6 Å². The van der Waals surface area contributed by atoms with Crippen molar-refractivity contribution in [3.63, 3.8) is 0 Å². The third kappa shape index (κ3) is 2.85. The van der Waals surface area contributed by atoms with Crippen LogP contribution in [0.4, 0.5) is 0 Å². The third-order valence-electron chi connectivity index (χ3n) is 5.71. The summed E-state index contributed by atoms with van der Waals surface area (Å²) in [6, 6.07) is 0.400. The lowest BCUT2D eigenvalue weighted by Gasteiger charge is -2.43. The summed E-state index contributed by atoms with van der Waals surface area (Å²) < 4.78 is 0. The molecule has 6 atom stereocenters. The van der Waals surface area contributed by atoms with Crippen LogP contribution in [0, 0.1) is 11.8 Å². The Balaban J connectivity index is 1.88. The molecule has 3 heterocycles. The van der Waals surface area contributed by atoms with Crippen LogP contribution in [0.15, 0.2) is 0 Å². The predicted octanol–water partition coefficient (Wildman–Crippen LogP) is -0.487. The van der Waals surface area contributed by atoms with E-state index >= 15 is 0 Å². The molecule has 2 bridgehead atoms. The van der Waals surface area contributed by atoms with Gasteiger partial charge in [-0.25, -0.2) is 0 Å². The largest absolute Gasteiger partial charge is 0.396 e. The molecule has 3 aliphatic heterocycles. The van der Waals surface area contributed by atoms with Crippen LogP contribution in [0.1, 0.15) is 33.1 Å². The first-order chi connectivity index (χ1) is 10.5. The summed E-state index contributed by atoms with van der Waals surface area (Å²) in [6.07, 6.45) is 2.75. The van der Waals surface area contributed by atoms with Gasteiger partial charge in [-0.15, -0.1) is 0 Å². The zero-order valence-electron chi connectivity index (χ0n) is 13.4. The molecule has 6 unspecified atom stereocenters. The van der Waals surface area contributed by atoms with Crippen molar-refractivity contribution in [3.05, 3.63) is 0 Å². The lowest BCUT2D eigenvalue weighted by molar-refractivity contribution is -0.135. The molecular weight excluding hydrogens is 282 g/mol. The van der Waals surface area contributed by atoms with Gasteiger partial charge in [0.15, 0.2) is 11.6 Å². The monoisotopic (exact) mass is 309 g/mol. The summed E-state index contributed by atoms with van der Waals surface area (Å²) in [7, 11) is 0. The molecule has 0 spiro atoms. The summed E-state index contributed by atoms with van der Waals surface area (Å²) in [5.74, 6) is -0.271. The highest BCUT2D eigenvalue weighted by Crippen LogP contribution is 2.35. The normalized spacial score (nSPS) is 44.0. The van der Waals surface area contributed by atoms with E-state index in [9.17, 15) is 14.7 Å². The van der Waals surface area contributed by atoms with Crippen LogP contribution in [0.3, 0.4) is 0 Å². The van der Waals surface area contributed by atoms with Crippen molar-refractivity contribution in [1.29, 1.82) is 0 Å². The number of ketones is 2. The van der Waals surface area contributed by atoms with Crippen molar-refractivity contribution in [1.82, 2.24) is 15.5 Å². The number of carbonyl (C=O) groups is 2. The summed E-state index contributed by atoms with van der Waals surface area (Å²) in [6.45, 7) is 4.89. The zero-order valence-corrected chi connectivity index (χ0v) is 13.4. The fraction of sp³-hybridized carbons (Fsp3) is 0.875. The first-order valence-corrected chi connectivity index (χ1v) is 8.43. The fourth-order valence-electron chi connectivity index (χ4n) is 4.29. The minimum atomic E-state index is -0.532. The number of hydrogen-bond donors (Lipinski definition) is 3. The van der Waals surface area contributed by atoms with Gasteiger partial charge in [-0.2, -0.15) is 0 Å². The highest BCUT2D eigenvalue weighted by atomic mass is 16.3. The molecule has 6 nitrogen and oxygen atoms in total. The van der Waals surface area contributed by atoms with Crippen LogP contribution in [-0.2, 0) is 9.59 Å². The van der Waals surface area contributed by atoms with E-state index in [1.54, 1.807) is 6.92 Å². The number of rotatable bonds is 1. The number of nitrogens with zero attached hydrogens (tertiary/aromatic N) is 1. The maximum absolute atomic E-state index is 12.7. The van der Waals surface area contributed by atoms with Gasteiger partial charge in [-0.05, 0) is 33.1 Å². The standard InChI is InChI=1S/C16H27N3O3/c1-9-15(21)6-17-10(2)18-13-7-19-12(5-11(13)8-20)3-4-14(19)16(9)22/h9-14,17-18,20H,3-8H2,1-2H3. The minimum Gasteiger partial charge on any atom is -0.396 e. The van der Waals surface area contributed by atoms with Gasteiger partial charge >= 0.3 is 0 Å². The van der Waals surface area contributed by atoms with Gasteiger partial charge in [0, 0.05) is 31.2 Å². The van der Waals surface area contributed by atoms with Crippen LogP contribution in [0.25, 0.3) is 0 Å². The number of carbonyl (C=O) groups excluding carboxylic acids is 2. The van der Waals surface area contributed by atoms with Gasteiger partial charge < -0.3 is 5.11 Å². The van der Waals surface area contributed by atoms with Crippen LogP contribution in [0.2, 0.25) is 0 Å². The van der Waals surface area contributed by atoms with Crippen LogP contribution < -0.4 is 10.6 Å². The maximum atomic E-state index is 12.7. The van der Waals surface area contributed by atoms with E-state index in [-0.39, 0.29) is 48.9 Å². The van der Waals surface area contributed by atoms with Gasteiger partial charge in [-0.1, -0.05) is 0 Å². The van der Waals surface area contributed by atoms with Crippen molar-refractivity contribution in [2.75, 3.05) is 19.7 Å². The number of piperidine rings is 1. The molecule has 6 heteroatoms. The second-order valence-electron chi connectivity index (χ2n) is 7.09. The van der Waals surface area contributed by atoms with E-state index in [0.717, 1.165) is 25.8 Å². The summed E-state index contributed by atoms with van der Waals surface area (Å²) >= 11 is 0. The molecule has 0 aliphatic carbocycles. The number of aliphatic hydroxyl groups excluding tert-OH is 1. The molecule has 3 N–H and O–H groups in total. The molecule has 3 rings (SSSR count). The Kier molecular flexibility index (Phi) is 4.64. The highest BCUT2D eigenvalue weighted by molar-refractivity contribution is 6.05. The summed E-state index contributed by atoms with van der Waals surface area (Å²) in [5.41, 5.74) is 0. The van der Waals surface area contributed by atoms with E-state index in [1.807, 2.05) is 6.92 Å². The second kappa shape index (κ2) is 6.35. The summed E-state index contributed by atoms with van der Waals surface area (Å²) in [5, 5.41) is 16.3. The molecule has 3 fully saturated rings. The van der Waals surface area contributed by atoms with E-state index < -0.39 is 5.92 Å². The molecule has 3 aliphatic rings. The number of hydrogen-bond acceptors (Lipinski definition) is 6. The van der Waals surface area contributed by atoms with Crippen molar-refractivity contribution in [2.45, 2.75) is 57.4 Å². The van der Waals surface area contributed by atoms with Gasteiger partial charge in [0.05, 0.1) is 24.7 Å². The van der Waals surface area contributed by atoms with Crippen molar-refractivity contribution in [3.8, 4) is 0 Å². The molecule has 0 aromatic carbocycles. The lowest BCUT2D eigenvalue weighted by Crippen LogP contribution is -2.59. The summed E-state index contributed by atoms with van der Waals surface area (Å²) in [4.78, 5) is 27.2. The molecule has 22 heavy (non-hydrogen) atoms. The first kappa shape index (κ1) is 16.1. The predicted molar refractivity (Wildman–Crippen MR) is 82.3 cm³/mol. The Hall–Kier alpha value is -0.820. The molecule has 0 amide bonds. The zero-order chi connectivity index (χ0) is 15.9. The molecule has 0 aromatic heterocycles. The third-order valence-corrected chi connectivity index (χ3v) is 5.71. The quantitative estimate of drug-likeness (QED) is 0.567. The fourth-order valence-corrected chi connectivity index (χ4v) is 4.29. The smallest absolute Gasteiger partial charge is 0.160 e. The minimum absolute atomic E-state index is 0.0130. The second-order valence-corrected chi connectivity index (χ2v) is 7.09. The van der Waals surface area contributed by atoms with Gasteiger partial charge in [-0.3, -0.25) is 25.1 Å². The van der Waals surface area contributed by atoms with E-state index in [4.69, 9.17) is 0 Å². The Bertz CT molecular complexity index is 456. The number of aliphatic hydroxyl groups is 1. The first-order valence-electron chi connectivity index (χ1n) is 8.43. The average Bonchev–Trinajstić information content (AvgIpc) is 2.92. The van der Waals surface area contributed by atoms with Crippen LogP contribution in [0.5, 0.6) is 0 Å². The highest BCUT2D eigenvalue weighted by Gasteiger charge is 2.46. The molecule has 124 valence electrons. The van der Waals surface area contributed by atoms with Crippen molar-refractivity contribution < 1.29 is 14.7 Å². The number of fused-ring (bicyclic) bond motifs is 1. The van der Waals surface area contributed by atoms with Crippen LogP contribution >= 0.6 is 0 Å². The Morgan fingerprint density at radius 1 is 1.27 bits per heavy atom. The van der Waals surface area contributed by atoms with Crippen molar-refractivity contribution in [2.24, 2.45) is 11.8 Å². The molecule has 0 saturated carbocycles. The molecule has 0 aromatic rings. The molecule has 0 radical (unpaired) electrons. The topological polar surface area (TPSA) is 81.7 Å². The van der Waals surface area contributed by atoms with Gasteiger partial charge in [0.2, 0.25) is 0 Å². The maximum Gasteiger partial charge on any atom is 0.160 e. The van der Waals surface area contributed by atoms with Gasteiger partial charge in [0.25, 0.3) is 0 Å². The number of nitrogens with one attached hydrogen (secondary N) is 2. The Morgan fingerprint density at radius 2 is 2.05 bits per heavy atom. The molecule has 3 saturated heterocycles. The van der Waals surface area contributed by atoms with E-state index in [0.29, 0.717) is 6.04 Å². The SMILES string of the molecule is CC1NCC(=O)C(C)C(=O)C2CCC3CC(CO)C(CN32)N1.